The fourth-order valence-electron chi connectivity index (χ4n) is 2.14. The van der Waals surface area contributed by atoms with E-state index in [0.717, 1.165) is 32.0 Å². The van der Waals surface area contributed by atoms with Crippen LogP contribution in [-0.4, -0.2) is 53.4 Å². The number of anilines is 1. The van der Waals surface area contributed by atoms with Crippen molar-refractivity contribution in [1.29, 1.82) is 5.41 Å². The summed E-state index contributed by atoms with van der Waals surface area (Å²) in [6.07, 6.45) is 4.47. The molecule has 18 heavy (non-hydrogen) atoms. The van der Waals surface area contributed by atoms with Crippen molar-refractivity contribution in [1.82, 2.24) is 14.9 Å². The maximum Gasteiger partial charge on any atom is 0.147 e. The Kier molecular flexibility index (Phi) is 4.09. The molecule has 0 spiro atoms. The maximum atomic E-state index is 7.28. The average molecular weight is 248 g/mol. The Labute approximate surface area is 107 Å². The van der Waals surface area contributed by atoms with Gasteiger partial charge in [-0.3, -0.25) is 10.3 Å². The topological polar surface area (TPSA) is 82.1 Å². The first-order valence-corrected chi connectivity index (χ1v) is 6.34. The SMILES string of the molecule is CCCN1CCN(c2cnc(C(=N)N)cn2)CC1. The quantitative estimate of drug-likeness (QED) is 0.591. The smallest absolute Gasteiger partial charge is 0.147 e. The summed E-state index contributed by atoms with van der Waals surface area (Å²) in [7, 11) is 0. The molecule has 1 saturated heterocycles. The van der Waals surface area contributed by atoms with Gasteiger partial charge in [0.05, 0.1) is 12.4 Å². The van der Waals surface area contributed by atoms with Crippen molar-refractivity contribution in [3.05, 3.63) is 18.1 Å². The Morgan fingerprint density at radius 1 is 1.28 bits per heavy atom. The van der Waals surface area contributed by atoms with Crippen LogP contribution in [0, 0.1) is 5.41 Å². The highest BCUT2D eigenvalue weighted by atomic mass is 15.3. The molecule has 0 unspecified atom stereocenters. The molecule has 2 rings (SSSR count). The zero-order valence-corrected chi connectivity index (χ0v) is 10.8. The first-order valence-electron chi connectivity index (χ1n) is 6.34. The predicted octanol–water partition coefficient (Wildman–Crippen LogP) is 0.293. The summed E-state index contributed by atoms with van der Waals surface area (Å²) in [5.74, 6) is 0.831. The third-order valence-electron chi connectivity index (χ3n) is 3.15. The van der Waals surface area contributed by atoms with Crippen LogP contribution in [0.5, 0.6) is 0 Å². The number of hydrogen-bond donors (Lipinski definition) is 2. The number of nitrogens with zero attached hydrogens (tertiary/aromatic N) is 4. The number of piperazine rings is 1. The van der Waals surface area contributed by atoms with Gasteiger partial charge < -0.3 is 10.6 Å². The van der Waals surface area contributed by atoms with E-state index >= 15 is 0 Å². The standard InChI is InChI=1S/C12H20N6/c1-2-3-17-4-6-18(7-5-17)11-9-15-10(8-16-11)12(13)14/h8-9H,2-7H2,1H3,(H3,13,14). The van der Waals surface area contributed by atoms with Crippen LogP contribution in [0.3, 0.4) is 0 Å². The molecule has 1 fully saturated rings. The largest absolute Gasteiger partial charge is 0.382 e. The number of nitrogen functional groups attached to an aromatic ring is 1. The van der Waals surface area contributed by atoms with Crippen LogP contribution in [0.2, 0.25) is 0 Å². The van der Waals surface area contributed by atoms with Crippen LogP contribution in [0.4, 0.5) is 5.82 Å². The second kappa shape index (κ2) is 5.77. The molecule has 1 aliphatic rings. The highest BCUT2D eigenvalue weighted by molar-refractivity contribution is 5.92. The number of aromatic nitrogens is 2. The van der Waals surface area contributed by atoms with E-state index in [4.69, 9.17) is 11.1 Å². The molecule has 98 valence electrons. The third-order valence-corrected chi connectivity index (χ3v) is 3.15. The molecule has 1 aliphatic heterocycles. The van der Waals surface area contributed by atoms with Gasteiger partial charge >= 0.3 is 0 Å². The molecule has 1 aromatic rings. The molecule has 2 heterocycles. The van der Waals surface area contributed by atoms with Crippen LogP contribution in [0.15, 0.2) is 12.4 Å². The van der Waals surface area contributed by atoms with E-state index in [1.807, 2.05) is 0 Å². The highest BCUT2D eigenvalue weighted by Gasteiger charge is 2.17. The summed E-state index contributed by atoms with van der Waals surface area (Å²) in [4.78, 5) is 13.2. The van der Waals surface area contributed by atoms with Gasteiger partial charge in [0.2, 0.25) is 0 Å². The van der Waals surface area contributed by atoms with Gasteiger partial charge in [0.15, 0.2) is 0 Å². The van der Waals surface area contributed by atoms with Gasteiger partial charge in [0, 0.05) is 26.2 Å². The number of nitrogens with two attached hydrogens (primary N) is 1. The maximum absolute atomic E-state index is 7.28. The predicted molar refractivity (Wildman–Crippen MR) is 72.0 cm³/mol. The molecule has 1 aromatic heterocycles. The molecular weight excluding hydrogens is 228 g/mol. The lowest BCUT2D eigenvalue weighted by atomic mass is 10.3. The molecule has 3 N–H and O–H groups in total. The van der Waals surface area contributed by atoms with E-state index in [1.165, 1.54) is 13.0 Å². The van der Waals surface area contributed by atoms with Gasteiger partial charge in [-0.15, -0.1) is 0 Å². The summed E-state index contributed by atoms with van der Waals surface area (Å²) < 4.78 is 0. The van der Waals surface area contributed by atoms with Crippen LogP contribution in [-0.2, 0) is 0 Å². The molecule has 6 nitrogen and oxygen atoms in total. The van der Waals surface area contributed by atoms with Crippen molar-refractivity contribution in [3.8, 4) is 0 Å². The second-order valence-electron chi connectivity index (χ2n) is 4.50. The van der Waals surface area contributed by atoms with E-state index in [-0.39, 0.29) is 5.84 Å². The van der Waals surface area contributed by atoms with Crippen LogP contribution in [0.1, 0.15) is 19.0 Å². The Morgan fingerprint density at radius 2 is 2.00 bits per heavy atom. The number of nitrogens with one attached hydrogen (secondary N) is 1. The van der Waals surface area contributed by atoms with Crippen molar-refractivity contribution in [3.63, 3.8) is 0 Å². The molecule has 0 atom stereocenters. The van der Waals surface area contributed by atoms with Crippen molar-refractivity contribution in [2.75, 3.05) is 37.6 Å². The van der Waals surface area contributed by atoms with Crippen molar-refractivity contribution in [2.24, 2.45) is 5.73 Å². The fraction of sp³-hybridized carbons (Fsp3) is 0.583. The molecule has 0 radical (unpaired) electrons. The van der Waals surface area contributed by atoms with Gasteiger partial charge in [0.1, 0.15) is 17.3 Å². The minimum Gasteiger partial charge on any atom is -0.382 e. The van der Waals surface area contributed by atoms with E-state index in [0.29, 0.717) is 5.69 Å². The number of hydrogen-bond acceptors (Lipinski definition) is 5. The molecule has 0 bridgehead atoms. The summed E-state index contributed by atoms with van der Waals surface area (Å²) >= 11 is 0. The first kappa shape index (κ1) is 12.8. The number of rotatable bonds is 4. The Balaban J connectivity index is 1.95. The molecule has 0 aromatic carbocycles. The molecular formula is C12H20N6. The van der Waals surface area contributed by atoms with E-state index in [2.05, 4.69) is 26.7 Å². The highest BCUT2D eigenvalue weighted by Crippen LogP contribution is 2.12. The summed E-state index contributed by atoms with van der Waals surface area (Å²) in [5.41, 5.74) is 5.79. The lowest BCUT2D eigenvalue weighted by Crippen LogP contribution is -2.46. The molecule has 0 saturated carbocycles. The van der Waals surface area contributed by atoms with Crippen LogP contribution < -0.4 is 10.6 Å². The van der Waals surface area contributed by atoms with Crippen LogP contribution >= 0.6 is 0 Å². The fourth-order valence-corrected chi connectivity index (χ4v) is 2.14. The Hall–Kier alpha value is -1.69. The van der Waals surface area contributed by atoms with E-state index < -0.39 is 0 Å². The van der Waals surface area contributed by atoms with Crippen molar-refractivity contribution >= 4 is 11.7 Å². The van der Waals surface area contributed by atoms with Crippen molar-refractivity contribution < 1.29 is 0 Å². The van der Waals surface area contributed by atoms with Gasteiger partial charge in [0.25, 0.3) is 0 Å². The summed E-state index contributed by atoms with van der Waals surface area (Å²) in [6, 6.07) is 0. The molecule has 6 heteroatoms. The Morgan fingerprint density at radius 3 is 2.50 bits per heavy atom. The van der Waals surface area contributed by atoms with Gasteiger partial charge in [-0.1, -0.05) is 6.92 Å². The third kappa shape index (κ3) is 2.95. The Bertz CT molecular complexity index is 394. The lowest BCUT2D eigenvalue weighted by Gasteiger charge is -2.35. The number of amidine groups is 1. The average Bonchev–Trinajstić information content (AvgIpc) is 2.40. The van der Waals surface area contributed by atoms with Gasteiger partial charge in [-0.25, -0.2) is 9.97 Å². The second-order valence-corrected chi connectivity index (χ2v) is 4.50. The summed E-state index contributed by atoms with van der Waals surface area (Å²) in [5, 5.41) is 7.28. The van der Waals surface area contributed by atoms with Crippen molar-refractivity contribution in [2.45, 2.75) is 13.3 Å². The van der Waals surface area contributed by atoms with Gasteiger partial charge in [-0.05, 0) is 13.0 Å². The molecule has 0 amide bonds. The monoisotopic (exact) mass is 248 g/mol. The van der Waals surface area contributed by atoms with Gasteiger partial charge in [-0.2, -0.15) is 0 Å². The van der Waals surface area contributed by atoms with E-state index in [9.17, 15) is 0 Å². The van der Waals surface area contributed by atoms with Crippen LogP contribution in [0.25, 0.3) is 0 Å². The zero-order chi connectivity index (χ0) is 13.0. The summed E-state index contributed by atoms with van der Waals surface area (Å²) in [6.45, 7) is 7.48. The first-order chi connectivity index (χ1) is 8.70. The van der Waals surface area contributed by atoms with E-state index in [1.54, 1.807) is 12.4 Å². The normalized spacial score (nSPS) is 16.8. The minimum absolute atomic E-state index is 0.0400. The lowest BCUT2D eigenvalue weighted by molar-refractivity contribution is 0.258. The zero-order valence-electron chi connectivity index (χ0n) is 10.8. The molecule has 0 aliphatic carbocycles. The minimum atomic E-state index is -0.0400.